The number of aryl methyl sites for hydroxylation is 2. The molecule has 0 bridgehead atoms. The molecule has 1 N–H and O–H groups in total. The summed E-state index contributed by atoms with van der Waals surface area (Å²) in [5, 5.41) is 3.64. The van der Waals surface area contributed by atoms with E-state index in [4.69, 9.17) is 0 Å². The van der Waals surface area contributed by atoms with Crippen molar-refractivity contribution in [2.75, 3.05) is 6.54 Å². The summed E-state index contributed by atoms with van der Waals surface area (Å²) in [6, 6.07) is 6.70. The maximum absolute atomic E-state index is 3.64. The van der Waals surface area contributed by atoms with Crippen LogP contribution in [0.25, 0.3) is 0 Å². The maximum atomic E-state index is 3.64. The Morgan fingerprint density at radius 1 is 1.06 bits per heavy atom. The van der Waals surface area contributed by atoms with Gasteiger partial charge in [0.25, 0.3) is 0 Å². The van der Waals surface area contributed by atoms with Crippen LogP contribution < -0.4 is 5.32 Å². The van der Waals surface area contributed by atoms with Crippen LogP contribution in [0.4, 0.5) is 0 Å². The number of nitrogens with one attached hydrogen (secondary N) is 1. The van der Waals surface area contributed by atoms with Crippen molar-refractivity contribution in [1.82, 2.24) is 5.32 Å². The van der Waals surface area contributed by atoms with Crippen LogP contribution in [0, 0.1) is 30.6 Å². The summed E-state index contributed by atoms with van der Waals surface area (Å²) in [4.78, 5) is 0. The molecular formula is C17H27N. The second kappa shape index (κ2) is 4.38. The van der Waals surface area contributed by atoms with E-state index in [-0.39, 0.29) is 0 Å². The van der Waals surface area contributed by atoms with E-state index in [2.05, 4.69) is 65.1 Å². The number of benzene rings is 1. The number of rotatable bonds is 4. The normalized spacial score (nSPS) is 21.0. The van der Waals surface area contributed by atoms with Crippen molar-refractivity contribution >= 4 is 0 Å². The predicted molar refractivity (Wildman–Crippen MR) is 78.7 cm³/mol. The van der Waals surface area contributed by atoms with Crippen LogP contribution in [0.15, 0.2) is 18.2 Å². The van der Waals surface area contributed by atoms with Gasteiger partial charge in [0.05, 0.1) is 0 Å². The second-order valence-corrected chi connectivity index (χ2v) is 7.06. The molecule has 100 valence electrons. The summed E-state index contributed by atoms with van der Waals surface area (Å²) in [7, 11) is 0. The zero-order valence-corrected chi connectivity index (χ0v) is 12.7. The molecule has 1 saturated carbocycles. The number of hydrogen-bond acceptors (Lipinski definition) is 1. The molecule has 1 aromatic rings. The molecule has 2 rings (SSSR count). The van der Waals surface area contributed by atoms with Crippen molar-refractivity contribution in [2.24, 2.45) is 16.7 Å². The van der Waals surface area contributed by atoms with Gasteiger partial charge < -0.3 is 5.32 Å². The van der Waals surface area contributed by atoms with Gasteiger partial charge in [-0.15, -0.1) is 0 Å². The Labute approximate surface area is 112 Å². The topological polar surface area (TPSA) is 12.0 Å². The molecule has 0 saturated heterocycles. The zero-order chi connectivity index (χ0) is 13.6. The van der Waals surface area contributed by atoms with Crippen molar-refractivity contribution in [3.8, 4) is 0 Å². The fourth-order valence-corrected chi connectivity index (χ4v) is 3.19. The van der Waals surface area contributed by atoms with Gasteiger partial charge in [0.1, 0.15) is 0 Å². The molecule has 0 heterocycles. The van der Waals surface area contributed by atoms with Crippen LogP contribution in [-0.4, -0.2) is 6.54 Å². The van der Waals surface area contributed by atoms with Crippen LogP contribution in [-0.2, 0) is 6.54 Å². The summed E-state index contributed by atoms with van der Waals surface area (Å²) < 4.78 is 0. The molecule has 0 radical (unpaired) electrons. The highest BCUT2D eigenvalue weighted by Crippen LogP contribution is 2.67. The Kier molecular flexibility index (Phi) is 3.31. The Balaban J connectivity index is 1.89. The Morgan fingerprint density at radius 3 is 2.22 bits per heavy atom. The second-order valence-electron chi connectivity index (χ2n) is 7.06. The highest BCUT2D eigenvalue weighted by atomic mass is 14.9. The SMILES string of the molecule is Cc1ccc(C)c(CNCC2C(C)(C)C2(C)C)c1. The fourth-order valence-electron chi connectivity index (χ4n) is 3.19. The van der Waals surface area contributed by atoms with E-state index in [0.29, 0.717) is 10.8 Å². The lowest BCUT2D eigenvalue weighted by molar-refractivity contribution is 0.457. The molecular weight excluding hydrogens is 218 g/mol. The Morgan fingerprint density at radius 2 is 1.67 bits per heavy atom. The van der Waals surface area contributed by atoms with Crippen molar-refractivity contribution in [3.63, 3.8) is 0 Å². The molecule has 0 amide bonds. The molecule has 0 unspecified atom stereocenters. The number of hydrogen-bond donors (Lipinski definition) is 1. The first-order chi connectivity index (χ1) is 8.26. The monoisotopic (exact) mass is 245 g/mol. The third-order valence-corrected chi connectivity index (χ3v) is 5.49. The minimum atomic E-state index is 0.488. The van der Waals surface area contributed by atoms with Crippen molar-refractivity contribution in [1.29, 1.82) is 0 Å². The van der Waals surface area contributed by atoms with Gasteiger partial charge in [0, 0.05) is 6.54 Å². The minimum Gasteiger partial charge on any atom is -0.312 e. The average molecular weight is 245 g/mol. The highest BCUT2D eigenvalue weighted by Gasteiger charge is 2.63. The molecule has 1 heteroatoms. The molecule has 0 spiro atoms. The van der Waals surface area contributed by atoms with E-state index in [1.54, 1.807) is 0 Å². The van der Waals surface area contributed by atoms with Crippen molar-refractivity contribution < 1.29 is 0 Å². The Bertz CT molecular complexity index is 429. The van der Waals surface area contributed by atoms with Gasteiger partial charge >= 0.3 is 0 Å². The minimum absolute atomic E-state index is 0.488. The largest absolute Gasteiger partial charge is 0.312 e. The molecule has 1 nitrogen and oxygen atoms in total. The van der Waals surface area contributed by atoms with Gasteiger partial charge in [-0.3, -0.25) is 0 Å². The Hall–Kier alpha value is -0.820. The van der Waals surface area contributed by atoms with E-state index < -0.39 is 0 Å². The van der Waals surface area contributed by atoms with Gasteiger partial charge in [-0.1, -0.05) is 51.5 Å². The van der Waals surface area contributed by atoms with Gasteiger partial charge in [0.15, 0.2) is 0 Å². The first-order valence-corrected chi connectivity index (χ1v) is 7.03. The van der Waals surface area contributed by atoms with E-state index in [0.717, 1.165) is 19.0 Å². The van der Waals surface area contributed by atoms with Crippen LogP contribution in [0.1, 0.15) is 44.4 Å². The summed E-state index contributed by atoms with van der Waals surface area (Å²) in [5.41, 5.74) is 5.15. The van der Waals surface area contributed by atoms with Gasteiger partial charge in [0.2, 0.25) is 0 Å². The first-order valence-electron chi connectivity index (χ1n) is 7.03. The van der Waals surface area contributed by atoms with E-state index in [1.165, 1.54) is 16.7 Å². The van der Waals surface area contributed by atoms with Gasteiger partial charge in [-0.25, -0.2) is 0 Å². The fraction of sp³-hybridized carbons (Fsp3) is 0.647. The quantitative estimate of drug-likeness (QED) is 0.843. The average Bonchev–Trinajstić information content (AvgIpc) is 2.65. The molecule has 0 atom stereocenters. The van der Waals surface area contributed by atoms with Gasteiger partial charge in [-0.05, 0) is 48.3 Å². The molecule has 1 fully saturated rings. The third-order valence-electron chi connectivity index (χ3n) is 5.49. The van der Waals surface area contributed by atoms with Crippen molar-refractivity contribution in [2.45, 2.75) is 48.1 Å². The van der Waals surface area contributed by atoms with Crippen LogP contribution >= 0.6 is 0 Å². The smallest absolute Gasteiger partial charge is 0.0208 e. The molecule has 18 heavy (non-hydrogen) atoms. The van der Waals surface area contributed by atoms with E-state index in [9.17, 15) is 0 Å². The molecule has 1 aliphatic rings. The van der Waals surface area contributed by atoms with E-state index >= 15 is 0 Å². The predicted octanol–water partition coefficient (Wildman–Crippen LogP) is 4.08. The first kappa shape index (κ1) is 13.6. The molecule has 1 aromatic carbocycles. The molecule has 0 aromatic heterocycles. The lowest BCUT2D eigenvalue weighted by atomic mass is 10.0. The lowest BCUT2D eigenvalue weighted by Crippen LogP contribution is -2.19. The summed E-state index contributed by atoms with van der Waals surface area (Å²) in [5.74, 6) is 0.801. The molecule has 1 aliphatic carbocycles. The summed E-state index contributed by atoms with van der Waals surface area (Å²) in [6.07, 6.45) is 0. The van der Waals surface area contributed by atoms with Crippen LogP contribution in [0.2, 0.25) is 0 Å². The summed E-state index contributed by atoms with van der Waals surface area (Å²) in [6.45, 7) is 16.0. The van der Waals surface area contributed by atoms with E-state index in [1.807, 2.05) is 0 Å². The highest BCUT2D eigenvalue weighted by molar-refractivity contribution is 5.30. The summed E-state index contributed by atoms with van der Waals surface area (Å²) >= 11 is 0. The lowest BCUT2D eigenvalue weighted by Gasteiger charge is -2.09. The van der Waals surface area contributed by atoms with Crippen LogP contribution in [0.3, 0.4) is 0 Å². The van der Waals surface area contributed by atoms with Gasteiger partial charge in [-0.2, -0.15) is 0 Å². The van der Waals surface area contributed by atoms with Crippen molar-refractivity contribution in [3.05, 3.63) is 34.9 Å². The zero-order valence-electron chi connectivity index (χ0n) is 12.7. The maximum Gasteiger partial charge on any atom is 0.0208 e. The third kappa shape index (κ3) is 2.21. The standard InChI is InChI=1S/C17H27N/c1-12-7-8-13(2)14(9-12)10-18-11-15-16(3,4)17(15,5)6/h7-9,15,18H,10-11H2,1-6H3. The van der Waals surface area contributed by atoms with Crippen LogP contribution in [0.5, 0.6) is 0 Å². The molecule has 0 aliphatic heterocycles.